The number of unbranched alkanes of at least 4 members (excludes halogenated alkanes) is 9. The summed E-state index contributed by atoms with van der Waals surface area (Å²) >= 11 is 0. The second-order valence-corrected chi connectivity index (χ2v) is 7.89. The fraction of sp³-hybridized carbons (Fsp3) is 0.909. The first-order valence-electron chi connectivity index (χ1n) is 11.1. The van der Waals surface area contributed by atoms with Crippen LogP contribution in [0.15, 0.2) is 0 Å². The van der Waals surface area contributed by atoms with Gasteiger partial charge in [0, 0.05) is 13.3 Å². The van der Waals surface area contributed by atoms with E-state index in [2.05, 4.69) is 6.92 Å². The van der Waals surface area contributed by atoms with Crippen LogP contribution in [0.25, 0.3) is 0 Å². The van der Waals surface area contributed by atoms with E-state index in [1.807, 2.05) is 0 Å². The van der Waals surface area contributed by atoms with Crippen molar-refractivity contribution in [3.05, 3.63) is 0 Å². The number of esters is 2. The van der Waals surface area contributed by atoms with E-state index < -0.39 is 5.79 Å². The number of ether oxygens (including phenoxy) is 4. The quantitative estimate of drug-likeness (QED) is 0.270. The Bertz CT molecular complexity index is 439. The van der Waals surface area contributed by atoms with Crippen LogP contribution in [0.2, 0.25) is 0 Å². The lowest BCUT2D eigenvalue weighted by Crippen LogP contribution is -2.29. The minimum atomic E-state index is -0.818. The van der Waals surface area contributed by atoms with Gasteiger partial charge in [-0.1, -0.05) is 64.7 Å². The van der Waals surface area contributed by atoms with Crippen molar-refractivity contribution in [2.24, 2.45) is 0 Å². The van der Waals surface area contributed by atoms with E-state index in [-0.39, 0.29) is 31.1 Å². The molecule has 0 aromatic carbocycles. The third-order valence-electron chi connectivity index (χ3n) is 5.01. The van der Waals surface area contributed by atoms with E-state index in [4.69, 9.17) is 18.9 Å². The lowest BCUT2D eigenvalue weighted by molar-refractivity contribution is -0.174. The minimum absolute atomic E-state index is 0.175. The molecule has 2 unspecified atom stereocenters. The predicted octanol–water partition coefficient (Wildman–Crippen LogP) is 4.93. The molecule has 1 rings (SSSR count). The smallest absolute Gasteiger partial charge is 0.305 e. The molecule has 0 bridgehead atoms. The van der Waals surface area contributed by atoms with Gasteiger partial charge >= 0.3 is 11.9 Å². The zero-order chi connectivity index (χ0) is 20.7. The molecule has 1 fully saturated rings. The van der Waals surface area contributed by atoms with Gasteiger partial charge in [-0.15, -0.1) is 0 Å². The third kappa shape index (κ3) is 12.3. The summed E-state index contributed by atoms with van der Waals surface area (Å²) in [4.78, 5) is 22.7. The number of hydrogen-bond donors (Lipinski definition) is 0. The molecule has 0 amide bonds. The molecular formula is C22H40O6. The molecule has 0 spiro atoms. The van der Waals surface area contributed by atoms with Gasteiger partial charge < -0.3 is 18.9 Å². The highest BCUT2D eigenvalue weighted by atomic mass is 16.7. The molecule has 0 radical (unpaired) electrons. The van der Waals surface area contributed by atoms with E-state index in [0.29, 0.717) is 19.6 Å². The average Bonchev–Trinajstić information content (AvgIpc) is 3.04. The monoisotopic (exact) mass is 400 g/mol. The third-order valence-corrected chi connectivity index (χ3v) is 5.01. The van der Waals surface area contributed by atoms with Crippen LogP contribution >= 0.6 is 0 Å². The maximum absolute atomic E-state index is 11.9. The second kappa shape index (κ2) is 14.8. The molecule has 1 aliphatic rings. The summed E-state index contributed by atoms with van der Waals surface area (Å²) in [6, 6.07) is 0. The molecule has 6 heteroatoms. The van der Waals surface area contributed by atoms with Gasteiger partial charge in [-0.05, 0) is 13.3 Å². The van der Waals surface area contributed by atoms with Crippen molar-refractivity contribution >= 4 is 11.9 Å². The van der Waals surface area contributed by atoms with Crippen LogP contribution in [0.1, 0.15) is 97.8 Å². The Morgan fingerprint density at radius 1 is 0.964 bits per heavy atom. The molecule has 164 valence electrons. The molecule has 0 aromatic rings. The van der Waals surface area contributed by atoms with Gasteiger partial charge in [-0.2, -0.15) is 0 Å². The highest BCUT2D eigenvalue weighted by Gasteiger charge is 2.38. The summed E-state index contributed by atoms with van der Waals surface area (Å²) in [6.45, 7) is 6.43. The average molecular weight is 401 g/mol. The normalized spacial score (nSPS) is 21.6. The first kappa shape index (κ1) is 24.9. The molecule has 0 N–H and O–H groups in total. The maximum Gasteiger partial charge on any atom is 0.305 e. The second-order valence-electron chi connectivity index (χ2n) is 7.89. The van der Waals surface area contributed by atoms with Gasteiger partial charge in [-0.3, -0.25) is 9.59 Å². The lowest BCUT2D eigenvalue weighted by Gasteiger charge is -2.22. The van der Waals surface area contributed by atoms with E-state index >= 15 is 0 Å². The van der Waals surface area contributed by atoms with Crippen molar-refractivity contribution < 1.29 is 28.5 Å². The molecule has 2 atom stereocenters. The Morgan fingerprint density at radius 3 is 2.18 bits per heavy atom. The van der Waals surface area contributed by atoms with Crippen LogP contribution < -0.4 is 0 Å². The molecule has 0 saturated carbocycles. The Kier molecular flexibility index (Phi) is 13.2. The van der Waals surface area contributed by atoms with Gasteiger partial charge in [0.25, 0.3) is 0 Å². The predicted molar refractivity (Wildman–Crippen MR) is 108 cm³/mol. The number of carbonyl (C=O) groups excluding carboxylic acids is 2. The first-order valence-corrected chi connectivity index (χ1v) is 11.1. The van der Waals surface area contributed by atoms with Crippen LogP contribution in [-0.4, -0.2) is 43.7 Å². The summed E-state index contributed by atoms with van der Waals surface area (Å²) < 4.78 is 21.6. The lowest BCUT2D eigenvalue weighted by atomic mass is 10.1. The van der Waals surface area contributed by atoms with Crippen LogP contribution in [0.4, 0.5) is 0 Å². The van der Waals surface area contributed by atoms with Crippen molar-refractivity contribution in [1.82, 2.24) is 0 Å². The van der Waals surface area contributed by atoms with E-state index in [0.717, 1.165) is 12.8 Å². The number of rotatable bonds is 16. The zero-order valence-corrected chi connectivity index (χ0v) is 18.1. The molecule has 28 heavy (non-hydrogen) atoms. The van der Waals surface area contributed by atoms with Gasteiger partial charge in [-0.25, -0.2) is 0 Å². The van der Waals surface area contributed by atoms with Crippen LogP contribution in [0.5, 0.6) is 0 Å². The molecule has 0 aromatic heterocycles. The standard InChI is InChI=1S/C22H40O6/c1-4-5-6-7-8-9-10-11-12-13-16-25-21(24)14-15-22(3)27-18-20(28-22)17-26-19(2)23/h20H,4-18H2,1-3H3. The van der Waals surface area contributed by atoms with Crippen LogP contribution in [0, 0.1) is 0 Å². The number of carbonyl (C=O) groups is 2. The fourth-order valence-electron chi connectivity index (χ4n) is 3.29. The van der Waals surface area contributed by atoms with Gasteiger partial charge in [0.15, 0.2) is 5.79 Å². The Hall–Kier alpha value is -1.14. The summed E-state index contributed by atoms with van der Waals surface area (Å²) in [7, 11) is 0. The molecule has 6 nitrogen and oxygen atoms in total. The van der Waals surface area contributed by atoms with E-state index in [1.54, 1.807) is 6.92 Å². The molecule has 1 aliphatic heterocycles. The Morgan fingerprint density at radius 2 is 1.57 bits per heavy atom. The SMILES string of the molecule is CCCCCCCCCCCCOC(=O)CCC1(C)OCC(COC(C)=O)O1. The summed E-state index contributed by atoms with van der Waals surface area (Å²) in [5.41, 5.74) is 0. The molecule has 0 aliphatic carbocycles. The van der Waals surface area contributed by atoms with Gasteiger partial charge in [0.2, 0.25) is 0 Å². The summed E-state index contributed by atoms with van der Waals surface area (Å²) in [5.74, 6) is -1.37. The van der Waals surface area contributed by atoms with Crippen molar-refractivity contribution in [2.45, 2.75) is 110 Å². The molecule has 1 saturated heterocycles. The Labute approximate surface area is 170 Å². The fourth-order valence-corrected chi connectivity index (χ4v) is 3.29. The van der Waals surface area contributed by atoms with Gasteiger partial charge in [0.1, 0.15) is 12.7 Å². The zero-order valence-electron chi connectivity index (χ0n) is 18.1. The number of hydrogen-bond acceptors (Lipinski definition) is 6. The highest BCUT2D eigenvalue weighted by molar-refractivity contribution is 5.69. The minimum Gasteiger partial charge on any atom is -0.466 e. The van der Waals surface area contributed by atoms with E-state index in [9.17, 15) is 9.59 Å². The maximum atomic E-state index is 11.9. The summed E-state index contributed by atoms with van der Waals surface area (Å²) in [5, 5.41) is 0. The van der Waals surface area contributed by atoms with Crippen molar-refractivity contribution in [2.75, 3.05) is 19.8 Å². The highest BCUT2D eigenvalue weighted by Crippen LogP contribution is 2.28. The van der Waals surface area contributed by atoms with Gasteiger partial charge in [0.05, 0.1) is 19.6 Å². The van der Waals surface area contributed by atoms with Crippen LogP contribution in [-0.2, 0) is 28.5 Å². The van der Waals surface area contributed by atoms with Crippen molar-refractivity contribution in [1.29, 1.82) is 0 Å². The van der Waals surface area contributed by atoms with Crippen LogP contribution in [0.3, 0.4) is 0 Å². The molecular weight excluding hydrogens is 360 g/mol. The largest absolute Gasteiger partial charge is 0.466 e. The summed E-state index contributed by atoms with van der Waals surface area (Å²) in [6.07, 6.45) is 13.0. The first-order chi connectivity index (χ1) is 13.4. The Balaban J connectivity index is 1.96. The van der Waals surface area contributed by atoms with E-state index in [1.165, 1.54) is 58.3 Å². The van der Waals surface area contributed by atoms with Crippen molar-refractivity contribution in [3.63, 3.8) is 0 Å². The molecule has 1 heterocycles. The van der Waals surface area contributed by atoms with Crippen molar-refractivity contribution in [3.8, 4) is 0 Å². The topological polar surface area (TPSA) is 71.1 Å².